The summed E-state index contributed by atoms with van der Waals surface area (Å²) in [4.78, 5) is 18.6. The molecule has 0 atom stereocenters. The Kier molecular flexibility index (Phi) is 4.37. The molecule has 0 aliphatic carbocycles. The lowest BCUT2D eigenvalue weighted by atomic mass is 10.2. The van der Waals surface area contributed by atoms with Gasteiger partial charge in [-0.3, -0.25) is 9.78 Å². The third-order valence-corrected chi connectivity index (χ3v) is 4.03. The van der Waals surface area contributed by atoms with E-state index < -0.39 is 0 Å². The Hall–Kier alpha value is -2.36. The topological polar surface area (TPSA) is 45.2 Å². The standard InChI is InChI=1S/C18H21N3O/c1-14-4-7-16(13-19-14)18(22)20-12-15-5-8-17(9-6-15)21-10-2-3-11-21/h4-9,13H,2-3,10-12H2,1H3,(H,20,22). The first kappa shape index (κ1) is 14.6. The van der Waals surface area contributed by atoms with Crippen molar-refractivity contribution >= 4 is 11.6 Å². The maximum absolute atomic E-state index is 12.0. The minimum absolute atomic E-state index is 0.0869. The van der Waals surface area contributed by atoms with E-state index in [0.29, 0.717) is 12.1 Å². The second-order valence-electron chi connectivity index (χ2n) is 5.73. The van der Waals surface area contributed by atoms with Gasteiger partial charge < -0.3 is 10.2 Å². The fourth-order valence-electron chi connectivity index (χ4n) is 2.69. The quantitative estimate of drug-likeness (QED) is 0.943. The van der Waals surface area contributed by atoms with Gasteiger partial charge in [-0.05, 0) is 49.6 Å². The van der Waals surface area contributed by atoms with Gasteiger partial charge in [-0.2, -0.15) is 0 Å². The second kappa shape index (κ2) is 6.60. The number of aromatic nitrogens is 1. The molecular weight excluding hydrogens is 274 g/mol. The summed E-state index contributed by atoms with van der Waals surface area (Å²) in [6.07, 6.45) is 4.17. The number of hydrogen-bond donors (Lipinski definition) is 1. The summed E-state index contributed by atoms with van der Waals surface area (Å²) < 4.78 is 0. The summed E-state index contributed by atoms with van der Waals surface area (Å²) in [6, 6.07) is 12.1. The fraction of sp³-hybridized carbons (Fsp3) is 0.333. The highest BCUT2D eigenvalue weighted by Crippen LogP contribution is 2.20. The van der Waals surface area contributed by atoms with Gasteiger partial charge in [-0.1, -0.05) is 12.1 Å². The monoisotopic (exact) mass is 295 g/mol. The molecule has 1 N–H and O–H groups in total. The molecule has 0 unspecified atom stereocenters. The largest absolute Gasteiger partial charge is 0.372 e. The SMILES string of the molecule is Cc1ccc(C(=O)NCc2ccc(N3CCCC3)cc2)cn1. The number of rotatable bonds is 4. The first-order valence-corrected chi connectivity index (χ1v) is 7.77. The summed E-state index contributed by atoms with van der Waals surface area (Å²) in [7, 11) is 0. The van der Waals surface area contributed by atoms with Crippen molar-refractivity contribution < 1.29 is 4.79 Å². The predicted molar refractivity (Wildman–Crippen MR) is 88.0 cm³/mol. The number of benzene rings is 1. The lowest BCUT2D eigenvalue weighted by Gasteiger charge is -2.17. The lowest BCUT2D eigenvalue weighted by molar-refractivity contribution is 0.0950. The number of hydrogen-bond acceptors (Lipinski definition) is 3. The molecule has 22 heavy (non-hydrogen) atoms. The average Bonchev–Trinajstić information content (AvgIpc) is 3.08. The van der Waals surface area contributed by atoms with E-state index in [-0.39, 0.29) is 5.91 Å². The van der Waals surface area contributed by atoms with Crippen molar-refractivity contribution in [3.05, 3.63) is 59.4 Å². The summed E-state index contributed by atoms with van der Waals surface area (Å²) >= 11 is 0. The molecule has 1 fully saturated rings. The van der Waals surface area contributed by atoms with Crippen LogP contribution in [0.2, 0.25) is 0 Å². The molecule has 0 bridgehead atoms. The zero-order chi connectivity index (χ0) is 15.4. The summed E-state index contributed by atoms with van der Waals surface area (Å²) in [5.41, 5.74) is 3.89. The Balaban J connectivity index is 1.56. The third-order valence-electron chi connectivity index (χ3n) is 4.03. The number of carbonyl (C=O) groups is 1. The van der Waals surface area contributed by atoms with Gasteiger partial charge in [0.05, 0.1) is 5.56 Å². The first-order chi connectivity index (χ1) is 10.7. The molecule has 1 saturated heterocycles. The van der Waals surface area contributed by atoms with E-state index in [1.807, 2.05) is 13.0 Å². The van der Waals surface area contributed by atoms with Crippen LogP contribution in [0.25, 0.3) is 0 Å². The Bertz CT molecular complexity index is 628. The molecule has 2 heterocycles. The lowest BCUT2D eigenvalue weighted by Crippen LogP contribution is -2.23. The Morgan fingerprint density at radius 3 is 2.50 bits per heavy atom. The second-order valence-corrected chi connectivity index (χ2v) is 5.73. The van der Waals surface area contributed by atoms with E-state index in [1.165, 1.54) is 18.5 Å². The average molecular weight is 295 g/mol. The molecule has 4 nitrogen and oxygen atoms in total. The van der Waals surface area contributed by atoms with Crippen LogP contribution in [0.3, 0.4) is 0 Å². The number of aryl methyl sites for hydroxylation is 1. The van der Waals surface area contributed by atoms with Gasteiger partial charge in [0.25, 0.3) is 5.91 Å². The van der Waals surface area contributed by atoms with Crippen LogP contribution in [-0.4, -0.2) is 24.0 Å². The molecule has 114 valence electrons. The molecule has 2 aromatic rings. The number of nitrogens with zero attached hydrogens (tertiary/aromatic N) is 2. The number of nitrogens with one attached hydrogen (secondary N) is 1. The first-order valence-electron chi connectivity index (χ1n) is 7.77. The van der Waals surface area contributed by atoms with Crippen LogP contribution in [0.4, 0.5) is 5.69 Å². The molecule has 0 radical (unpaired) electrons. The predicted octanol–water partition coefficient (Wildman–Crippen LogP) is 2.92. The maximum Gasteiger partial charge on any atom is 0.253 e. The maximum atomic E-state index is 12.0. The number of carbonyl (C=O) groups excluding carboxylic acids is 1. The fourth-order valence-corrected chi connectivity index (χ4v) is 2.69. The molecular formula is C18H21N3O. The van der Waals surface area contributed by atoms with Gasteiger partial charge in [0.1, 0.15) is 0 Å². The molecule has 1 aliphatic rings. The van der Waals surface area contributed by atoms with Crippen LogP contribution in [-0.2, 0) is 6.54 Å². The molecule has 0 spiro atoms. The molecule has 1 aromatic heterocycles. The van der Waals surface area contributed by atoms with Crippen LogP contribution in [0.5, 0.6) is 0 Å². The van der Waals surface area contributed by atoms with Gasteiger partial charge >= 0.3 is 0 Å². The Morgan fingerprint density at radius 2 is 1.86 bits per heavy atom. The van der Waals surface area contributed by atoms with Gasteiger partial charge in [-0.25, -0.2) is 0 Å². The number of amides is 1. The molecule has 3 rings (SSSR count). The van der Waals surface area contributed by atoms with E-state index in [4.69, 9.17) is 0 Å². The van der Waals surface area contributed by atoms with Gasteiger partial charge in [0.15, 0.2) is 0 Å². The van der Waals surface area contributed by atoms with E-state index in [1.54, 1.807) is 12.3 Å². The van der Waals surface area contributed by atoms with E-state index in [9.17, 15) is 4.79 Å². The van der Waals surface area contributed by atoms with Crippen molar-refractivity contribution in [2.45, 2.75) is 26.3 Å². The van der Waals surface area contributed by atoms with E-state index in [0.717, 1.165) is 24.3 Å². The minimum Gasteiger partial charge on any atom is -0.372 e. The molecule has 1 aromatic carbocycles. The summed E-state index contributed by atoms with van der Waals surface area (Å²) in [5, 5.41) is 2.93. The highest BCUT2D eigenvalue weighted by atomic mass is 16.1. The van der Waals surface area contributed by atoms with Crippen LogP contribution in [0.15, 0.2) is 42.6 Å². The van der Waals surface area contributed by atoms with Crippen LogP contribution in [0, 0.1) is 6.92 Å². The molecule has 1 aliphatic heterocycles. The van der Waals surface area contributed by atoms with Gasteiger partial charge in [0.2, 0.25) is 0 Å². The van der Waals surface area contributed by atoms with Crippen LogP contribution >= 0.6 is 0 Å². The molecule has 4 heteroatoms. The van der Waals surface area contributed by atoms with E-state index in [2.05, 4.69) is 39.5 Å². The zero-order valence-electron chi connectivity index (χ0n) is 12.9. The van der Waals surface area contributed by atoms with E-state index >= 15 is 0 Å². The minimum atomic E-state index is -0.0869. The van der Waals surface area contributed by atoms with Crippen molar-refractivity contribution in [3.8, 4) is 0 Å². The van der Waals surface area contributed by atoms with Crippen LogP contribution < -0.4 is 10.2 Å². The highest BCUT2D eigenvalue weighted by Gasteiger charge is 2.12. The summed E-state index contributed by atoms with van der Waals surface area (Å²) in [6.45, 7) is 4.74. The third kappa shape index (κ3) is 3.45. The number of anilines is 1. The van der Waals surface area contributed by atoms with Gasteiger partial charge in [0, 0.05) is 37.2 Å². The van der Waals surface area contributed by atoms with Crippen molar-refractivity contribution in [2.24, 2.45) is 0 Å². The highest BCUT2D eigenvalue weighted by molar-refractivity contribution is 5.93. The number of pyridine rings is 1. The smallest absolute Gasteiger partial charge is 0.253 e. The normalized spacial score (nSPS) is 14.1. The van der Waals surface area contributed by atoms with Crippen molar-refractivity contribution in [1.29, 1.82) is 0 Å². The van der Waals surface area contributed by atoms with Crippen molar-refractivity contribution in [1.82, 2.24) is 10.3 Å². The Labute approximate surface area is 131 Å². The van der Waals surface area contributed by atoms with Gasteiger partial charge in [-0.15, -0.1) is 0 Å². The van der Waals surface area contributed by atoms with Crippen molar-refractivity contribution in [2.75, 3.05) is 18.0 Å². The Morgan fingerprint density at radius 1 is 1.14 bits per heavy atom. The molecule has 1 amide bonds. The van der Waals surface area contributed by atoms with Crippen molar-refractivity contribution in [3.63, 3.8) is 0 Å². The zero-order valence-corrected chi connectivity index (χ0v) is 12.9. The summed E-state index contributed by atoms with van der Waals surface area (Å²) in [5.74, 6) is -0.0869. The molecule has 0 saturated carbocycles. The van der Waals surface area contributed by atoms with Crippen LogP contribution in [0.1, 0.15) is 34.5 Å².